The van der Waals surface area contributed by atoms with Crippen LogP contribution in [0.4, 0.5) is 5.82 Å². The van der Waals surface area contributed by atoms with Gasteiger partial charge in [0.15, 0.2) is 5.78 Å². The normalized spacial score (nSPS) is 15.2. The number of ether oxygens (including phenoxy) is 1. The number of rotatable bonds is 0. The van der Waals surface area contributed by atoms with Crippen molar-refractivity contribution in [3.63, 3.8) is 0 Å². The molecule has 1 aromatic rings. The first-order valence-electron chi connectivity index (χ1n) is 3.65. The molecule has 4 heteroatoms. The summed E-state index contributed by atoms with van der Waals surface area (Å²) >= 11 is 0. The molecule has 12 heavy (non-hydrogen) atoms. The fourth-order valence-corrected chi connectivity index (χ4v) is 1.16. The molecule has 0 atom stereocenters. The summed E-state index contributed by atoms with van der Waals surface area (Å²) in [5, 5.41) is 0. The number of hydrogen-bond donors (Lipinski definition) is 1. The van der Waals surface area contributed by atoms with E-state index in [2.05, 4.69) is 4.98 Å². The van der Waals surface area contributed by atoms with Gasteiger partial charge in [-0.25, -0.2) is 4.98 Å². The fourth-order valence-electron chi connectivity index (χ4n) is 1.16. The summed E-state index contributed by atoms with van der Waals surface area (Å²) in [5.74, 6) is 1.14. The summed E-state index contributed by atoms with van der Waals surface area (Å²) in [4.78, 5) is 14.9. The number of hydrogen-bond acceptors (Lipinski definition) is 4. The average Bonchev–Trinajstić information content (AvgIpc) is 2.03. The molecule has 62 valence electrons. The number of pyridine rings is 1. The Bertz CT molecular complexity index is 336. The Morgan fingerprint density at radius 1 is 1.50 bits per heavy atom. The van der Waals surface area contributed by atoms with Gasteiger partial charge < -0.3 is 10.5 Å². The molecule has 0 bridgehead atoms. The molecular weight excluding hydrogens is 156 g/mol. The van der Waals surface area contributed by atoms with Gasteiger partial charge in [0.2, 0.25) is 0 Å². The molecule has 2 heterocycles. The third kappa shape index (κ3) is 1.11. The van der Waals surface area contributed by atoms with Crippen molar-refractivity contribution >= 4 is 11.6 Å². The lowest BCUT2D eigenvalue weighted by atomic mass is 10.1. The van der Waals surface area contributed by atoms with Crippen molar-refractivity contribution in [3.8, 4) is 5.75 Å². The van der Waals surface area contributed by atoms with E-state index in [0.29, 0.717) is 23.7 Å². The van der Waals surface area contributed by atoms with E-state index in [9.17, 15) is 4.79 Å². The van der Waals surface area contributed by atoms with Gasteiger partial charge in [0.25, 0.3) is 0 Å². The molecule has 0 aliphatic carbocycles. The van der Waals surface area contributed by atoms with Crippen molar-refractivity contribution in [1.82, 2.24) is 4.98 Å². The first-order valence-corrected chi connectivity index (χ1v) is 3.65. The van der Waals surface area contributed by atoms with Crippen LogP contribution in [0.1, 0.15) is 5.69 Å². The highest BCUT2D eigenvalue weighted by molar-refractivity contribution is 5.84. The van der Waals surface area contributed by atoms with Crippen LogP contribution in [-0.2, 0) is 11.2 Å². The van der Waals surface area contributed by atoms with Crippen LogP contribution in [0.25, 0.3) is 0 Å². The minimum atomic E-state index is 0.0422. The number of Topliss-reactive ketones (excluding diaryl/α,β-unsaturated/α-hetero) is 1. The molecule has 0 saturated carbocycles. The SMILES string of the molecule is Nc1ccc2c(n1)CC(=O)CO2. The van der Waals surface area contributed by atoms with Gasteiger partial charge in [-0.3, -0.25) is 4.79 Å². The lowest BCUT2D eigenvalue weighted by molar-refractivity contribution is -0.121. The Hall–Kier alpha value is -1.58. The van der Waals surface area contributed by atoms with Crippen LogP contribution >= 0.6 is 0 Å². The number of carbonyl (C=O) groups is 1. The summed E-state index contributed by atoms with van der Waals surface area (Å²) in [6.07, 6.45) is 0.334. The zero-order valence-corrected chi connectivity index (χ0v) is 6.41. The maximum atomic E-state index is 10.9. The van der Waals surface area contributed by atoms with Gasteiger partial charge in [-0.1, -0.05) is 0 Å². The van der Waals surface area contributed by atoms with Crippen molar-refractivity contribution in [2.75, 3.05) is 12.3 Å². The third-order valence-corrected chi connectivity index (χ3v) is 1.71. The highest BCUT2D eigenvalue weighted by Crippen LogP contribution is 2.21. The van der Waals surface area contributed by atoms with Gasteiger partial charge in [-0.15, -0.1) is 0 Å². The van der Waals surface area contributed by atoms with Crippen LogP contribution in [0.2, 0.25) is 0 Å². The Morgan fingerprint density at radius 2 is 2.33 bits per heavy atom. The Morgan fingerprint density at radius 3 is 3.17 bits per heavy atom. The summed E-state index contributed by atoms with van der Waals surface area (Å²) in [6.45, 7) is 0.151. The molecule has 0 spiro atoms. The third-order valence-electron chi connectivity index (χ3n) is 1.71. The first kappa shape index (κ1) is 7.09. The van der Waals surface area contributed by atoms with Crippen molar-refractivity contribution < 1.29 is 9.53 Å². The van der Waals surface area contributed by atoms with E-state index in [1.54, 1.807) is 12.1 Å². The van der Waals surface area contributed by atoms with Gasteiger partial charge in [0.1, 0.15) is 18.2 Å². The van der Waals surface area contributed by atoms with E-state index in [-0.39, 0.29) is 12.4 Å². The smallest absolute Gasteiger partial charge is 0.176 e. The number of ketones is 1. The Labute approximate surface area is 69.4 Å². The van der Waals surface area contributed by atoms with Crippen molar-refractivity contribution in [2.24, 2.45) is 0 Å². The minimum absolute atomic E-state index is 0.0422. The van der Waals surface area contributed by atoms with Crippen LogP contribution in [0.5, 0.6) is 5.75 Å². The average molecular weight is 164 g/mol. The lowest BCUT2D eigenvalue weighted by Crippen LogP contribution is -2.21. The van der Waals surface area contributed by atoms with Gasteiger partial charge >= 0.3 is 0 Å². The molecule has 0 radical (unpaired) electrons. The number of nitrogens with two attached hydrogens (primary N) is 1. The quantitative estimate of drug-likeness (QED) is 0.593. The summed E-state index contributed by atoms with van der Waals surface area (Å²) in [7, 11) is 0. The standard InChI is InChI=1S/C8H8N2O2/c9-8-2-1-7-6(10-8)3-5(11)4-12-7/h1-2H,3-4H2,(H2,9,10). The molecular formula is C8H8N2O2. The molecule has 2 rings (SSSR count). The van der Waals surface area contributed by atoms with Crippen LogP contribution in [0, 0.1) is 0 Å². The molecule has 0 amide bonds. The van der Waals surface area contributed by atoms with Gasteiger partial charge in [-0.2, -0.15) is 0 Å². The molecule has 4 nitrogen and oxygen atoms in total. The predicted octanol–water partition coefficient (Wildman–Crippen LogP) is 0.168. The molecule has 0 unspecified atom stereocenters. The van der Waals surface area contributed by atoms with Crippen LogP contribution < -0.4 is 10.5 Å². The Balaban J connectivity index is 2.44. The molecule has 1 aliphatic heterocycles. The highest BCUT2D eigenvalue weighted by atomic mass is 16.5. The highest BCUT2D eigenvalue weighted by Gasteiger charge is 2.17. The zero-order valence-electron chi connectivity index (χ0n) is 6.41. The van der Waals surface area contributed by atoms with Gasteiger partial charge in [0, 0.05) is 0 Å². The predicted molar refractivity (Wildman–Crippen MR) is 42.9 cm³/mol. The molecule has 1 aliphatic rings. The second-order valence-electron chi connectivity index (χ2n) is 2.69. The van der Waals surface area contributed by atoms with E-state index >= 15 is 0 Å². The monoisotopic (exact) mass is 164 g/mol. The van der Waals surface area contributed by atoms with Crippen molar-refractivity contribution in [2.45, 2.75) is 6.42 Å². The number of nitrogen functional groups attached to an aromatic ring is 1. The molecule has 0 aromatic carbocycles. The second kappa shape index (κ2) is 2.48. The maximum absolute atomic E-state index is 10.9. The van der Waals surface area contributed by atoms with Gasteiger partial charge in [-0.05, 0) is 12.1 Å². The number of fused-ring (bicyclic) bond motifs is 1. The molecule has 0 fully saturated rings. The number of aromatic nitrogens is 1. The summed E-state index contributed by atoms with van der Waals surface area (Å²) in [5.41, 5.74) is 6.09. The van der Waals surface area contributed by atoms with Gasteiger partial charge in [0.05, 0.1) is 12.1 Å². The first-order chi connectivity index (χ1) is 5.75. The maximum Gasteiger partial charge on any atom is 0.176 e. The fraction of sp³-hybridized carbons (Fsp3) is 0.250. The van der Waals surface area contributed by atoms with Crippen molar-refractivity contribution in [1.29, 1.82) is 0 Å². The number of nitrogens with zero attached hydrogens (tertiary/aromatic N) is 1. The van der Waals surface area contributed by atoms with E-state index in [4.69, 9.17) is 10.5 Å². The van der Waals surface area contributed by atoms with Crippen LogP contribution in [0.3, 0.4) is 0 Å². The molecule has 2 N–H and O–H groups in total. The summed E-state index contributed by atoms with van der Waals surface area (Å²) in [6, 6.07) is 3.40. The largest absolute Gasteiger partial charge is 0.484 e. The Kier molecular flexibility index (Phi) is 1.46. The topological polar surface area (TPSA) is 65.2 Å². The summed E-state index contributed by atoms with van der Waals surface area (Å²) < 4.78 is 5.12. The zero-order chi connectivity index (χ0) is 8.55. The minimum Gasteiger partial charge on any atom is -0.484 e. The van der Waals surface area contributed by atoms with E-state index in [1.165, 1.54) is 0 Å². The number of carbonyl (C=O) groups excluding carboxylic acids is 1. The van der Waals surface area contributed by atoms with Crippen LogP contribution in [-0.4, -0.2) is 17.4 Å². The van der Waals surface area contributed by atoms with Crippen LogP contribution in [0.15, 0.2) is 12.1 Å². The lowest BCUT2D eigenvalue weighted by Gasteiger charge is -2.14. The van der Waals surface area contributed by atoms with E-state index < -0.39 is 0 Å². The van der Waals surface area contributed by atoms with Crippen molar-refractivity contribution in [3.05, 3.63) is 17.8 Å². The molecule has 1 aromatic heterocycles. The second-order valence-corrected chi connectivity index (χ2v) is 2.69. The van der Waals surface area contributed by atoms with E-state index in [0.717, 1.165) is 0 Å². The molecule has 0 saturated heterocycles. The number of anilines is 1. The van der Waals surface area contributed by atoms with E-state index in [1.807, 2.05) is 0 Å².